The van der Waals surface area contributed by atoms with Gasteiger partial charge in [-0.2, -0.15) is 0 Å². The maximum Gasteiger partial charge on any atom is 0.273 e. The van der Waals surface area contributed by atoms with Gasteiger partial charge in [0.25, 0.3) is 5.91 Å². The first-order valence-corrected chi connectivity index (χ1v) is 10.4. The normalized spacial score (nSPS) is 15.6. The number of carbonyl (C=O) groups is 1. The van der Waals surface area contributed by atoms with E-state index in [1.54, 1.807) is 35.9 Å². The van der Waals surface area contributed by atoms with Gasteiger partial charge in [0.2, 0.25) is 0 Å². The van der Waals surface area contributed by atoms with E-state index in [4.69, 9.17) is 16.3 Å². The Labute approximate surface area is 184 Å². The Balaban J connectivity index is 1.51. The summed E-state index contributed by atoms with van der Waals surface area (Å²) in [5, 5.41) is 11.7. The second-order valence-corrected chi connectivity index (χ2v) is 7.78. The first-order valence-electron chi connectivity index (χ1n) is 10.1. The van der Waals surface area contributed by atoms with Gasteiger partial charge in [-0.05, 0) is 42.8 Å². The zero-order valence-electron chi connectivity index (χ0n) is 17.1. The molecule has 7 nitrogen and oxygen atoms in total. The average molecular weight is 444 g/mol. The lowest BCUT2D eigenvalue weighted by Gasteiger charge is -2.34. The molecule has 1 amide bonds. The van der Waals surface area contributed by atoms with E-state index >= 15 is 0 Å². The third kappa shape index (κ3) is 4.92. The van der Waals surface area contributed by atoms with Crippen molar-refractivity contribution in [2.45, 2.75) is 13.0 Å². The van der Waals surface area contributed by atoms with Crippen LogP contribution in [0.2, 0.25) is 5.02 Å². The molecule has 1 saturated heterocycles. The zero-order valence-corrected chi connectivity index (χ0v) is 17.8. The van der Waals surface area contributed by atoms with Crippen molar-refractivity contribution in [1.29, 1.82) is 0 Å². The van der Waals surface area contributed by atoms with Gasteiger partial charge in [0, 0.05) is 24.7 Å². The Morgan fingerprint density at radius 1 is 1.23 bits per heavy atom. The number of carbonyl (C=O) groups excluding carboxylic acids is 1. The highest BCUT2D eigenvalue weighted by Gasteiger charge is 2.25. The standard InChI is InChI=1S/C22H23ClFN5O2/c1-15-21(26-27-29(15)19-4-2-3-17(23)13-19)22(30)25-14-20(28-9-11-31-12-10-28)16-5-7-18(24)8-6-16/h2-8,13,20H,9-12,14H2,1H3,(H,25,30). The number of amides is 1. The van der Waals surface area contributed by atoms with Crippen LogP contribution in [0.25, 0.3) is 5.69 Å². The Bertz CT molecular complexity index is 1050. The molecule has 4 rings (SSSR count). The fraction of sp³-hybridized carbons (Fsp3) is 0.318. The number of rotatable bonds is 6. The lowest BCUT2D eigenvalue weighted by atomic mass is 10.0. The summed E-state index contributed by atoms with van der Waals surface area (Å²) in [7, 11) is 0. The van der Waals surface area contributed by atoms with Crippen LogP contribution in [0, 0.1) is 12.7 Å². The van der Waals surface area contributed by atoms with E-state index < -0.39 is 0 Å². The Morgan fingerprint density at radius 3 is 2.68 bits per heavy atom. The van der Waals surface area contributed by atoms with Crippen molar-refractivity contribution in [2.75, 3.05) is 32.8 Å². The molecule has 2 heterocycles. The van der Waals surface area contributed by atoms with Gasteiger partial charge in [0.1, 0.15) is 5.82 Å². The molecular formula is C22H23ClFN5O2. The SMILES string of the molecule is Cc1c(C(=O)NCC(c2ccc(F)cc2)N2CCOCC2)nnn1-c1cccc(Cl)c1. The van der Waals surface area contributed by atoms with Gasteiger partial charge in [-0.3, -0.25) is 9.69 Å². The van der Waals surface area contributed by atoms with Gasteiger partial charge in [-0.25, -0.2) is 9.07 Å². The Hall–Kier alpha value is -2.81. The van der Waals surface area contributed by atoms with Crippen molar-refractivity contribution in [1.82, 2.24) is 25.2 Å². The maximum absolute atomic E-state index is 13.4. The van der Waals surface area contributed by atoms with E-state index in [0.717, 1.165) is 24.3 Å². The number of aromatic nitrogens is 3. The molecule has 0 saturated carbocycles. The molecule has 1 fully saturated rings. The van der Waals surface area contributed by atoms with Crippen LogP contribution in [0.5, 0.6) is 0 Å². The molecule has 3 aromatic rings. The maximum atomic E-state index is 13.4. The molecule has 9 heteroatoms. The minimum atomic E-state index is -0.314. The van der Waals surface area contributed by atoms with Gasteiger partial charge >= 0.3 is 0 Å². The molecule has 31 heavy (non-hydrogen) atoms. The van der Waals surface area contributed by atoms with Crippen molar-refractivity contribution in [3.63, 3.8) is 0 Å². The minimum absolute atomic E-state index is 0.100. The summed E-state index contributed by atoms with van der Waals surface area (Å²) in [5.74, 6) is -0.604. The van der Waals surface area contributed by atoms with Crippen LogP contribution >= 0.6 is 11.6 Å². The van der Waals surface area contributed by atoms with E-state index in [1.807, 2.05) is 12.1 Å². The van der Waals surface area contributed by atoms with E-state index in [1.165, 1.54) is 12.1 Å². The molecule has 0 aliphatic carbocycles. The smallest absolute Gasteiger partial charge is 0.273 e. The zero-order chi connectivity index (χ0) is 21.8. The third-order valence-electron chi connectivity index (χ3n) is 5.36. The predicted octanol–water partition coefficient (Wildman–Crippen LogP) is 3.17. The van der Waals surface area contributed by atoms with E-state index in [2.05, 4.69) is 20.5 Å². The molecular weight excluding hydrogens is 421 g/mol. The van der Waals surface area contributed by atoms with Crippen LogP contribution in [0.3, 0.4) is 0 Å². The summed E-state index contributed by atoms with van der Waals surface area (Å²) < 4.78 is 20.4. The molecule has 2 aromatic carbocycles. The van der Waals surface area contributed by atoms with Crippen LogP contribution in [-0.4, -0.2) is 58.6 Å². The second-order valence-electron chi connectivity index (χ2n) is 7.34. The van der Waals surface area contributed by atoms with Gasteiger partial charge < -0.3 is 10.1 Å². The second kappa shape index (κ2) is 9.55. The number of ether oxygens (including phenoxy) is 1. The molecule has 1 aromatic heterocycles. The summed E-state index contributed by atoms with van der Waals surface area (Å²) >= 11 is 6.06. The predicted molar refractivity (Wildman–Crippen MR) is 115 cm³/mol. The van der Waals surface area contributed by atoms with Gasteiger partial charge in [0.05, 0.1) is 30.6 Å². The fourth-order valence-corrected chi connectivity index (χ4v) is 3.88. The van der Waals surface area contributed by atoms with Crippen LogP contribution in [0.1, 0.15) is 27.8 Å². The number of benzene rings is 2. The monoisotopic (exact) mass is 443 g/mol. The fourth-order valence-electron chi connectivity index (χ4n) is 3.70. The van der Waals surface area contributed by atoms with Crippen molar-refractivity contribution in [2.24, 2.45) is 0 Å². The first kappa shape index (κ1) is 21.4. The van der Waals surface area contributed by atoms with Crippen molar-refractivity contribution >= 4 is 17.5 Å². The molecule has 0 radical (unpaired) electrons. The van der Waals surface area contributed by atoms with Crippen LogP contribution in [0.15, 0.2) is 48.5 Å². The Kier molecular flexibility index (Phi) is 6.60. The van der Waals surface area contributed by atoms with Gasteiger partial charge in [-0.1, -0.05) is 35.0 Å². The summed E-state index contributed by atoms with van der Waals surface area (Å²) in [6.07, 6.45) is 0. The van der Waals surface area contributed by atoms with Crippen molar-refractivity contribution in [3.05, 3.63) is 76.3 Å². The van der Waals surface area contributed by atoms with E-state index in [-0.39, 0.29) is 23.5 Å². The lowest BCUT2D eigenvalue weighted by molar-refractivity contribution is 0.0162. The highest BCUT2D eigenvalue weighted by Crippen LogP contribution is 2.22. The van der Waals surface area contributed by atoms with E-state index in [9.17, 15) is 9.18 Å². The number of halogens is 2. The first-order chi connectivity index (χ1) is 15.0. The summed E-state index contributed by atoms with van der Waals surface area (Å²) in [5.41, 5.74) is 2.53. The van der Waals surface area contributed by atoms with Crippen molar-refractivity contribution in [3.8, 4) is 5.69 Å². The molecule has 1 unspecified atom stereocenters. The molecule has 1 aliphatic heterocycles. The largest absolute Gasteiger partial charge is 0.379 e. The Morgan fingerprint density at radius 2 is 1.97 bits per heavy atom. The number of hydrogen-bond donors (Lipinski definition) is 1. The highest BCUT2D eigenvalue weighted by molar-refractivity contribution is 6.30. The molecule has 0 bridgehead atoms. The summed E-state index contributed by atoms with van der Waals surface area (Å²) in [6, 6.07) is 13.5. The molecule has 1 N–H and O–H groups in total. The number of morpholine rings is 1. The minimum Gasteiger partial charge on any atom is -0.379 e. The number of nitrogens with zero attached hydrogens (tertiary/aromatic N) is 4. The van der Waals surface area contributed by atoms with Crippen LogP contribution in [0.4, 0.5) is 4.39 Å². The number of nitrogens with one attached hydrogen (secondary N) is 1. The average Bonchev–Trinajstić information content (AvgIpc) is 3.17. The highest BCUT2D eigenvalue weighted by atomic mass is 35.5. The van der Waals surface area contributed by atoms with Gasteiger partial charge in [0.15, 0.2) is 5.69 Å². The number of hydrogen-bond acceptors (Lipinski definition) is 5. The van der Waals surface area contributed by atoms with Crippen molar-refractivity contribution < 1.29 is 13.9 Å². The quantitative estimate of drug-likeness (QED) is 0.633. The summed E-state index contributed by atoms with van der Waals surface area (Å²) in [4.78, 5) is 15.1. The third-order valence-corrected chi connectivity index (χ3v) is 5.59. The molecule has 1 atom stereocenters. The van der Waals surface area contributed by atoms with Gasteiger partial charge in [-0.15, -0.1) is 5.10 Å². The molecule has 162 valence electrons. The van der Waals surface area contributed by atoms with Crippen LogP contribution < -0.4 is 5.32 Å². The lowest BCUT2D eigenvalue weighted by Crippen LogP contribution is -2.44. The molecule has 1 aliphatic rings. The molecule has 0 spiro atoms. The van der Waals surface area contributed by atoms with Crippen LogP contribution in [-0.2, 0) is 4.74 Å². The summed E-state index contributed by atoms with van der Waals surface area (Å²) in [6.45, 7) is 4.87. The van der Waals surface area contributed by atoms with E-state index in [0.29, 0.717) is 30.5 Å². The topological polar surface area (TPSA) is 72.3 Å².